The van der Waals surface area contributed by atoms with E-state index in [9.17, 15) is 0 Å². The number of hydrogen-bond donors (Lipinski definition) is 0. The van der Waals surface area contributed by atoms with Crippen LogP contribution in [0.2, 0.25) is 0 Å². The fourth-order valence-electron chi connectivity index (χ4n) is 1.36. The zero-order valence-corrected chi connectivity index (χ0v) is 15.8. The molecule has 0 saturated heterocycles. The molecule has 0 aromatic heterocycles. The van der Waals surface area contributed by atoms with Crippen LogP contribution in [0.15, 0.2) is 0 Å². The van der Waals surface area contributed by atoms with Crippen molar-refractivity contribution in [2.24, 2.45) is 5.41 Å². The fourth-order valence-corrected chi connectivity index (χ4v) is 1.36. The molecule has 0 N–H and O–H groups in total. The third-order valence-corrected chi connectivity index (χ3v) is 2.68. The summed E-state index contributed by atoms with van der Waals surface area (Å²) in [4.78, 5) is 21.7. The van der Waals surface area contributed by atoms with Gasteiger partial charge in [-0.1, -0.05) is 13.8 Å². The molecule has 0 fully saturated rings. The quantitative estimate of drug-likeness (QED) is 0.463. The Morgan fingerprint density at radius 3 is 1.48 bits per heavy atom. The molecule has 0 bridgehead atoms. The average Bonchev–Trinajstić information content (AvgIpc) is 2.21. The average molecular weight is 304 g/mol. The molecule has 0 aromatic rings. The van der Waals surface area contributed by atoms with Gasteiger partial charge in [-0.05, 0) is 73.6 Å². The summed E-state index contributed by atoms with van der Waals surface area (Å²) in [6.45, 7) is 20.8. The van der Waals surface area contributed by atoms with Crippen molar-refractivity contribution in [2.45, 2.75) is 98.9 Å². The van der Waals surface area contributed by atoms with Crippen LogP contribution < -0.4 is 0 Å². The first-order chi connectivity index (χ1) is 9.12. The van der Waals surface area contributed by atoms with Gasteiger partial charge >= 0.3 is 0 Å². The SMILES string of the molecule is CC(C)(CCC(C)(C)OOC(C)(C)C)COOC(C)(C)C. The van der Waals surface area contributed by atoms with Gasteiger partial charge in [0.1, 0.15) is 0 Å². The lowest BCUT2D eigenvalue weighted by Crippen LogP contribution is -2.33. The first-order valence-electron chi connectivity index (χ1n) is 7.80. The van der Waals surface area contributed by atoms with E-state index in [0.717, 1.165) is 12.8 Å². The smallest absolute Gasteiger partial charge is 0.0980 e. The largest absolute Gasteiger partial charge is 0.236 e. The Hall–Kier alpha value is -0.160. The van der Waals surface area contributed by atoms with Gasteiger partial charge in [-0.2, -0.15) is 0 Å². The standard InChI is InChI=1S/C17H36O4/c1-14(2,3)19-18-13-16(7,8)11-12-17(9,10)21-20-15(4,5)6/h11-13H2,1-10H3. The van der Waals surface area contributed by atoms with Crippen molar-refractivity contribution >= 4 is 0 Å². The van der Waals surface area contributed by atoms with Gasteiger partial charge in [0.2, 0.25) is 0 Å². The van der Waals surface area contributed by atoms with Crippen LogP contribution in [0.1, 0.15) is 82.1 Å². The van der Waals surface area contributed by atoms with Gasteiger partial charge in [0, 0.05) is 0 Å². The fraction of sp³-hybridized carbons (Fsp3) is 1.00. The molecule has 0 saturated carbocycles. The van der Waals surface area contributed by atoms with Crippen LogP contribution in [0.3, 0.4) is 0 Å². The summed E-state index contributed by atoms with van der Waals surface area (Å²) in [5, 5.41) is 0. The van der Waals surface area contributed by atoms with E-state index in [2.05, 4.69) is 13.8 Å². The predicted octanol–water partition coefficient (Wildman–Crippen LogP) is 5.06. The lowest BCUT2D eigenvalue weighted by Gasteiger charge is -2.32. The minimum atomic E-state index is -0.324. The number of hydrogen-bond acceptors (Lipinski definition) is 4. The van der Waals surface area contributed by atoms with Gasteiger partial charge in [-0.15, -0.1) is 0 Å². The van der Waals surface area contributed by atoms with Crippen molar-refractivity contribution < 1.29 is 19.6 Å². The Kier molecular flexibility index (Phi) is 7.35. The molecule has 0 aromatic carbocycles. The van der Waals surface area contributed by atoms with Crippen molar-refractivity contribution in [3.8, 4) is 0 Å². The highest BCUT2D eigenvalue weighted by molar-refractivity contribution is 4.75. The van der Waals surface area contributed by atoms with Gasteiger partial charge in [0.15, 0.2) is 0 Å². The highest BCUT2D eigenvalue weighted by Crippen LogP contribution is 2.30. The van der Waals surface area contributed by atoms with Crippen LogP contribution in [-0.4, -0.2) is 23.4 Å². The van der Waals surface area contributed by atoms with E-state index in [1.54, 1.807) is 0 Å². The molecule has 21 heavy (non-hydrogen) atoms. The van der Waals surface area contributed by atoms with Crippen LogP contribution in [0.25, 0.3) is 0 Å². The molecule has 0 heterocycles. The summed E-state index contributed by atoms with van der Waals surface area (Å²) >= 11 is 0. The summed E-state index contributed by atoms with van der Waals surface area (Å²) in [7, 11) is 0. The highest BCUT2D eigenvalue weighted by atomic mass is 17.2. The summed E-state index contributed by atoms with van der Waals surface area (Å²) in [5.41, 5.74) is -0.876. The predicted molar refractivity (Wildman–Crippen MR) is 85.8 cm³/mol. The molecular weight excluding hydrogens is 268 g/mol. The van der Waals surface area contributed by atoms with E-state index in [1.807, 2.05) is 55.4 Å². The van der Waals surface area contributed by atoms with Gasteiger partial charge in [0.05, 0.1) is 23.4 Å². The third-order valence-electron chi connectivity index (χ3n) is 2.68. The maximum atomic E-state index is 5.58. The lowest BCUT2D eigenvalue weighted by atomic mass is 9.85. The maximum Gasteiger partial charge on any atom is 0.0980 e. The molecule has 0 rings (SSSR count). The summed E-state index contributed by atoms with van der Waals surface area (Å²) in [5.74, 6) is 0. The normalized spacial score (nSPS) is 14.6. The molecule has 0 atom stereocenters. The van der Waals surface area contributed by atoms with Crippen LogP contribution in [0.4, 0.5) is 0 Å². The Balaban J connectivity index is 4.16. The topological polar surface area (TPSA) is 36.9 Å². The van der Waals surface area contributed by atoms with Crippen LogP contribution >= 0.6 is 0 Å². The second-order valence-corrected chi connectivity index (χ2v) is 9.16. The Labute approximate surface area is 131 Å². The summed E-state index contributed by atoms with van der Waals surface area (Å²) in [6, 6.07) is 0. The first-order valence-corrected chi connectivity index (χ1v) is 7.80. The van der Waals surface area contributed by atoms with E-state index in [-0.39, 0.29) is 22.2 Å². The van der Waals surface area contributed by atoms with Crippen LogP contribution in [-0.2, 0) is 19.6 Å². The zero-order chi connectivity index (χ0) is 16.9. The Morgan fingerprint density at radius 2 is 1.05 bits per heavy atom. The molecule has 0 amide bonds. The van der Waals surface area contributed by atoms with Crippen molar-refractivity contribution in [2.75, 3.05) is 6.61 Å². The first kappa shape index (κ1) is 20.8. The summed E-state index contributed by atoms with van der Waals surface area (Å²) < 4.78 is 0. The Morgan fingerprint density at radius 1 is 0.571 bits per heavy atom. The van der Waals surface area contributed by atoms with Crippen molar-refractivity contribution in [1.29, 1.82) is 0 Å². The van der Waals surface area contributed by atoms with E-state index in [4.69, 9.17) is 19.6 Å². The second-order valence-electron chi connectivity index (χ2n) is 9.16. The zero-order valence-electron chi connectivity index (χ0n) is 15.8. The van der Waals surface area contributed by atoms with Crippen LogP contribution in [0, 0.1) is 5.41 Å². The van der Waals surface area contributed by atoms with E-state index in [0.29, 0.717) is 6.61 Å². The monoisotopic (exact) mass is 304 g/mol. The van der Waals surface area contributed by atoms with E-state index < -0.39 is 0 Å². The van der Waals surface area contributed by atoms with Gasteiger partial charge in [0.25, 0.3) is 0 Å². The van der Waals surface area contributed by atoms with Crippen molar-refractivity contribution in [1.82, 2.24) is 0 Å². The molecular formula is C17H36O4. The van der Waals surface area contributed by atoms with Gasteiger partial charge < -0.3 is 0 Å². The summed E-state index contributed by atoms with van der Waals surface area (Å²) in [6.07, 6.45) is 1.84. The second kappa shape index (κ2) is 7.40. The molecule has 0 spiro atoms. The molecule has 4 nitrogen and oxygen atoms in total. The van der Waals surface area contributed by atoms with Crippen molar-refractivity contribution in [3.63, 3.8) is 0 Å². The minimum absolute atomic E-state index is 0.0214. The number of rotatable bonds is 8. The molecule has 0 radical (unpaired) electrons. The third kappa shape index (κ3) is 13.2. The molecule has 0 aliphatic carbocycles. The lowest BCUT2D eigenvalue weighted by molar-refractivity contribution is -0.399. The van der Waals surface area contributed by atoms with Gasteiger partial charge in [-0.25, -0.2) is 19.6 Å². The Bertz CT molecular complexity index is 295. The molecule has 0 unspecified atom stereocenters. The maximum absolute atomic E-state index is 5.58. The minimum Gasteiger partial charge on any atom is -0.236 e. The molecule has 4 heteroatoms. The van der Waals surface area contributed by atoms with Crippen molar-refractivity contribution in [3.05, 3.63) is 0 Å². The highest BCUT2D eigenvalue weighted by Gasteiger charge is 2.28. The van der Waals surface area contributed by atoms with Crippen LogP contribution in [0.5, 0.6) is 0 Å². The molecule has 128 valence electrons. The molecule has 0 aliphatic heterocycles. The van der Waals surface area contributed by atoms with E-state index in [1.165, 1.54) is 0 Å². The molecule has 0 aliphatic rings. The van der Waals surface area contributed by atoms with Gasteiger partial charge in [-0.3, -0.25) is 0 Å². The van der Waals surface area contributed by atoms with E-state index >= 15 is 0 Å².